The molecule has 0 N–H and O–H groups in total. The second-order valence-electron chi connectivity index (χ2n) is 5.30. The molecule has 5 nitrogen and oxygen atoms in total. The molecule has 0 radical (unpaired) electrons. The number of methoxy groups -OCH3 is 2. The highest BCUT2D eigenvalue weighted by atomic mass is 32.2. The van der Waals surface area contributed by atoms with Gasteiger partial charge in [-0.25, -0.2) is 0 Å². The largest absolute Gasteiger partial charge is 0.383 e. The van der Waals surface area contributed by atoms with Gasteiger partial charge in [0.25, 0.3) is 5.91 Å². The van der Waals surface area contributed by atoms with Crippen molar-refractivity contribution in [2.45, 2.75) is 20.4 Å². The zero-order valence-corrected chi connectivity index (χ0v) is 15.6. The van der Waals surface area contributed by atoms with E-state index in [1.807, 2.05) is 6.08 Å². The lowest BCUT2D eigenvalue weighted by atomic mass is 10.2. The summed E-state index contributed by atoms with van der Waals surface area (Å²) < 4.78 is 13.0. The Morgan fingerprint density at radius 3 is 2.52 bits per heavy atom. The molecule has 0 bridgehead atoms. The highest BCUT2D eigenvalue weighted by Crippen LogP contribution is 2.33. The first kappa shape index (κ1) is 18.2. The number of aryl methyl sites for hydroxylation is 1. The first-order valence-electron chi connectivity index (χ1n) is 7.39. The van der Waals surface area contributed by atoms with Gasteiger partial charge >= 0.3 is 0 Å². The third kappa shape index (κ3) is 4.03. The average Bonchev–Trinajstić information content (AvgIpc) is 2.93. The van der Waals surface area contributed by atoms with Crippen LogP contribution >= 0.6 is 24.0 Å². The van der Waals surface area contributed by atoms with Crippen LogP contribution in [0.1, 0.15) is 17.0 Å². The molecule has 2 rings (SSSR count). The van der Waals surface area contributed by atoms with Crippen molar-refractivity contribution in [1.82, 2.24) is 9.47 Å². The van der Waals surface area contributed by atoms with Crippen LogP contribution in [0.2, 0.25) is 0 Å². The Labute approximate surface area is 146 Å². The van der Waals surface area contributed by atoms with Gasteiger partial charge in [0.05, 0.1) is 24.7 Å². The third-order valence-corrected chi connectivity index (χ3v) is 5.19. The summed E-state index contributed by atoms with van der Waals surface area (Å²) in [6.45, 7) is 6.55. The molecule has 0 spiro atoms. The van der Waals surface area contributed by atoms with Gasteiger partial charge in [0.1, 0.15) is 4.32 Å². The molecule has 1 amide bonds. The maximum atomic E-state index is 12.5. The fraction of sp³-hybridized carbons (Fsp3) is 0.500. The minimum Gasteiger partial charge on any atom is -0.383 e. The van der Waals surface area contributed by atoms with E-state index in [1.54, 1.807) is 19.1 Å². The maximum Gasteiger partial charge on any atom is 0.266 e. The Bertz CT molecular complexity index is 638. The van der Waals surface area contributed by atoms with Crippen LogP contribution < -0.4 is 0 Å². The number of thioether (sulfide) groups is 1. The second kappa shape index (κ2) is 8.10. The van der Waals surface area contributed by atoms with Crippen molar-refractivity contribution in [3.05, 3.63) is 27.9 Å². The molecule has 126 valence electrons. The van der Waals surface area contributed by atoms with E-state index in [2.05, 4.69) is 24.5 Å². The fourth-order valence-corrected chi connectivity index (χ4v) is 3.82. The number of rotatable bonds is 7. The summed E-state index contributed by atoms with van der Waals surface area (Å²) in [5.41, 5.74) is 3.33. The van der Waals surface area contributed by atoms with Crippen molar-refractivity contribution in [1.29, 1.82) is 0 Å². The van der Waals surface area contributed by atoms with Crippen LogP contribution in [0, 0.1) is 13.8 Å². The Balaban J connectivity index is 2.22. The Morgan fingerprint density at radius 1 is 1.22 bits per heavy atom. The summed E-state index contributed by atoms with van der Waals surface area (Å²) in [5, 5.41) is 0. The number of hydrogen-bond donors (Lipinski definition) is 0. The Morgan fingerprint density at radius 2 is 1.87 bits per heavy atom. The number of hydrogen-bond acceptors (Lipinski definition) is 5. The van der Waals surface area contributed by atoms with E-state index in [4.69, 9.17) is 21.7 Å². The fourth-order valence-electron chi connectivity index (χ4n) is 2.52. The quantitative estimate of drug-likeness (QED) is 0.556. The third-order valence-electron chi connectivity index (χ3n) is 3.81. The summed E-state index contributed by atoms with van der Waals surface area (Å²) >= 11 is 6.64. The van der Waals surface area contributed by atoms with Crippen molar-refractivity contribution < 1.29 is 14.3 Å². The van der Waals surface area contributed by atoms with Crippen molar-refractivity contribution in [2.75, 3.05) is 34.0 Å². The normalized spacial score (nSPS) is 16.9. The van der Waals surface area contributed by atoms with Crippen LogP contribution in [0.25, 0.3) is 6.08 Å². The van der Waals surface area contributed by atoms with Crippen molar-refractivity contribution in [2.24, 2.45) is 0 Å². The standard InChI is InChI=1S/C16H22N2O3S2/c1-11-9-13(12(2)17(11)5-7-20-3)10-14-15(19)18(6-8-21-4)16(22)23-14/h9-10H,5-8H2,1-4H3/b14-10-. The summed E-state index contributed by atoms with van der Waals surface area (Å²) in [4.78, 5) is 14.7. The van der Waals surface area contributed by atoms with E-state index in [-0.39, 0.29) is 5.91 Å². The summed E-state index contributed by atoms with van der Waals surface area (Å²) in [6.07, 6.45) is 1.93. The van der Waals surface area contributed by atoms with Gasteiger partial charge in [-0.1, -0.05) is 24.0 Å². The van der Waals surface area contributed by atoms with E-state index >= 15 is 0 Å². The van der Waals surface area contributed by atoms with Crippen LogP contribution in [-0.2, 0) is 20.8 Å². The van der Waals surface area contributed by atoms with Gasteiger partial charge in [0.15, 0.2) is 0 Å². The number of thiocarbonyl (C=S) groups is 1. The molecule has 1 aromatic heterocycles. The lowest BCUT2D eigenvalue weighted by molar-refractivity contribution is -0.122. The molecule has 23 heavy (non-hydrogen) atoms. The number of ether oxygens (including phenoxy) is 2. The Hall–Kier alpha value is -1.15. The highest BCUT2D eigenvalue weighted by Gasteiger charge is 2.31. The molecule has 0 aromatic carbocycles. The van der Waals surface area contributed by atoms with Crippen molar-refractivity contribution in [3.63, 3.8) is 0 Å². The zero-order valence-electron chi connectivity index (χ0n) is 13.9. The molecular weight excluding hydrogens is 332 g/mol. The minimum atomic E-state index is -0.0428. The van der Waals surface area contributed by atoms with Gasteiger partial charge < -0.3 is 14.0 Å². The van der Waals surface area contributed by atoms with Crippen LogP contribution in [0.5, 0.6) is 0 Å². The van der Waals surface area contributed by atoms with Gasteiger partial charge in [-0.15, -0.1) is 0 Å². The molecule has 1 aromatic rings. The molecule has 2 heterocycles. The average molecular weight is 354 g/mol. The number of carbonyl (C=O) groups is 1. The maximum absolute atomic E-state index is 12.5. The zero-order chi connectivity index (χ0) is 17.0. The van der Waals surface area contributed by atoms with E-state index < -0.39 is 0 Å². The van der Waals surface area contributed by atoms with Gasteiger partial charge in [-0.05, 0) is 31.6 Å². The van der Waals surface area contributed by atoms with Gasteiger partial charge in [-0.2, -0.15) is 0 Å². The summed E-state index contributed by atoms with van der Waals surface area (Å²) in [5.74, 6) is -0.0428. The number of aromatic nitrogens is 1. The van der Waals surface area contributed by atoms with Crippen LogP contribution in [-0.4, -0.2) is 53.7 Å². The molecular formula is C16H22N2O3S2. The molecule has 1 aliphatic rings. The molecule has 1 saturated heterocycles. The minimum absolute atomic E-state index is 0.0428. The van der Waals surface area contributed by atoms with E-state index in [9.17, 15) is 4.79 Å². The molecule has 0 unspecified atom stereocenters. The lowest BCUT2D eigenvalue weighted by Crippen LogP contribution is -2.31. The topological polar surface area (TPSA) is 43.7 Å². The van der Waals surface area contributed by atoms with E-state index in [1.165, 1.54) is 11.8 Å². The van der Waals surface area contributed by atoms with Gasteiger partial charge in [0.2, 0.25) is 0 Å². The number of carbonyl (C=O) groups excluding carboxylic acids is 1. The van der Waals surface area contributed by atoms with Crippen LogP contribution in [0.3, 0.4) is 0 Å². The van der Waals surface area contributed by atoms with Crippen molar-refractivity contribution >= 4 is 40.3 Å². The first-order valence-corrected chi connectivity index (χ1v) is 8.62. The molecule has 1 aliphatic heterocycles. The summed E-state index contributed by atoms with van der Waals surface area (Å²) in [7, 11) is 3.31. The second-order valence-corrected chi connectivity index (χ2v) is 6.97. The summed E-state index contributed by atoms with van der Waals surface area (Å²) in [6, 6.07) is 2.09. The molecule has 7 heteroatoms. The molecule has 0 atom stereocenters. The Kier molecular flexibility index (Phi) is 6.41. The lowest BCUT2D eigenvalue weighted by Gasteiger charge is -2.12. The van der Waals surface area contributed by atoms with E-state index in [0.717, 1.165) is 23.5 Å². The van der Waals surface area contributed by atoms with Crippen LogP contribution in [0.4, 0.5) is 0 Å². The molecule has 0 saturated carbocycles. The smallest absolute Gasteiger partial charge is 0.266 e. The van der Waals surface area contributed by atoms with Crippen molar-refractivity contribution in [3.8, 4) is 0 Å². The first-order chi connectivity index (χ1) is 11.0. The SMILES string of the molecule is COCCN1C(=O)/C(=C/c2cc(C)n(CCOC)c2C)SC1=S. The van der Waals surface area contributed by atoms with Gasteiger partial charge in [0, 0.05) is 32.2 Å². The van der Waals surface area contributed by atoms with Crippen LogP contribution in [0.15, 0.2) is 11.0 Å². The predicted molar refractivity (Wildman–Crippen MR) is 97.5 cm³/mol. The number of amides is 1. The monoisotopic (exact) mass is 354 g/mol. The molecule has 1 fully saturated rings. The predicted octanol–water partition coefficient (Wildman–Crippen LogP) is 2.60. The van der Waals surface area contributed by atoms with Gasteiger partial charge in [-0.3, -0.25) is 9.69 Å². The molecule has 0 aliphatic carbocycles. The number of nitrogens with zero attached hydrogens (tertiary/aromatic N) is 2. The highest BCUT2D eigenvalue weighted by molar-refractivity contribution is 8.26. The van der Waals surface area contributed by atoms with E-state index in [0.29, 0.717) is 29.0 Å².